The lowest BCUT2D eigenvalue weighted by Crippen LogP contribution is -2.31. The summed E-state index contributed by atoms with van der Waals surface area (Å²) in [7, 11) is 0. The minimum atomic E-state index is -4.96. The molecule has 3 rings (SSSR count). The molecule has 0 aliphatic heterocycles. The maximum Gasteiger partial charge on any atom is 0.423 e. The monoisotopic (exact) mass is 340 g/mol. The Morgan fingerprint density at radius 2 is 1.74 bits per heavy atom. The number of carbonyl (C=O) groups excluding carboxylic acids is 2. The maximum absolute atomic E-state index is 13.4. The number of ketones is 2. The van der Waals surface area contributed by atoms with Gasteiger partial charge in [0.25, 0.3) is 0 Å². The third kappa shape index (κ3) is 2.45. The molecule has 0 fully saturated rings. The summed E-state index contributed by atoms with van der Waals surface area (Å²) >= 11 is 1.00. The number of alkyl halides is 3. The zero-order valence-corrected chi connectivity index (χ0v) is 13.0. The molecule has 0 saturated heterocycles. The number of thiophene rings is 1. The highest BCUT2D eigenvalue weighted by atomic mass is 32.1. The van der Waals surface area contributed by atoms with Crippen molar-refractivity contribution in [1.29, 1.82) is 0 Å². The molecule has 0 N–H and O–H groups in total. The Morgan fingerprint density at radius 1 is 1.09 bits per heavy atom. The fourth-order valence-electron chi connectivity index (χ4n) is 2.48. The normalized spacial score (nSPS) is 15.6. The van der Waals surface area contributed by atoms with Gasteiger partial charge < -0.3 is 4.74 Å². The Hall–Kier alpha value is -2.15. The topological polar surface area (TPSA) is 43.4 Å². The van der Waals surface area contributed by atoms with Crippen molar-refractivity contribution in [2.45, 2.75) is 26.1 Å². The van der Waals surface area contributed by atoms with Gasteiger partial charge in [-0.2, -0.15) is 13.2 Å². The molecule has 1 heterocycles. The second-order valence-electron chi connectivity index (χ2n) is 5.33. The molecule has 7 heteroatoms. The quantitative estimate of drug-likeness (QED) is 0.807. The molecule has 23 heavy (non-hydrogen) atoms. The summed E-state index contributed by atoms with van der Waals surface area (Å²) in [5.74, 6) is -3.00. The minimum Gasteiger partial charge on any atom is -0.486 e. The summed E-state index contributed by atoms with van der Waals surface area (Å²) in [6.45, 7) is 3.00. The van der Waals surface area contributed by atoms with E-state index in [1.54, 1.807) is 18.2 Å². The lowest BCUT2D eigenvalue weighted by Gasteiger charge is -2.22. The number of ether oxygens (including phenoxy) is 1. The van der Waals surface area contributed by atoms with Crippen LogP contribution in [0.15, 0.2) is 35.6 Å². The van der Waals surface area contributed by atoms with Crippen LogP contribution in [0.2, 0.25) is 0 Å². The Balaban J connectivity index is 2.31. The van der Waals surface area contributed by atoms with Gasteiger partial charge in [0, 0.05) is 10.1 Å². The van der Waals surface area contributed by atoms with E-state index in [1.165, 1.54) is 19.9 Å². The smallest absolute Gasteiger partial charge is 0.423 e. The Kier molecular flexibility index (Phi) is 3.55. The molecule has 0 atom stereocenters. The van der Waals surface area contributed by atoms with Crippen molar-refractivity contribution in [3.63, 3.8) is 0 Å². The third-order valence-corrected chi connectivity index (χ3v) is 4.50. The van der Waals surface area contributed by atoms with E-state index in [4.69, 9.17) is 4.74 Å². The number of fused-ring (bicyclic) bond motifs is 3. The molecular formula is C16H11F3O3S. The highest BCUT2D eigenvalue weighted by molar-refractivity contribution is 7.21. The molecule has 0 unspecified atom stereocenters. The highest BCUT2D eigenvalue weighted by Gasteiger charge is 2.49. The molecule has 0 amide bonds. The number of rotatable bonds is 2. The molecule has 2 aromatic rings. The lowest BCUT2D eigenvalue weighted by molar-refractivity contribution is -0.0927. The number of allylic oxidation sites excluding steroid dienone is 2. The Labute approximate surface area is 133 Å². The van der Waals surface area contributed by atoms with Crippen LogP contribution in [-0.2, 0) is 4.74 Å². The molecule has 0 radical (unpaired) electrons. The molecule has 3 nitrogen and oxygen atoms in total. The highest BCUT2D eigenvalue weighted by Crippen LogP contribution is 2.43. The van der Waals surface area contributed by atoms with Gasteiger partial charge in [-0.15, -0.1) is 11.3 Å². The van der Waals surface area contributed by atoms with Crippen LogP contribution in [-0.4, -0.2) is 23.8 Å². The molecule has 1 aliphatic rings. The van der Waals surface area contributed by atoms with E-state index in [0.717, 1.165) is 11.3 Å². The second kappa shape index (κ2) is 5.19. The van der Waals surface area contributed by atoms with E-state index in [1.807, 2.05) is 0 Å². The van der Waals surface area contributed by atoms with Crippen LogP contribution >= 0.6 is 11.3 Å². The first-order chi connectivity index (χ1) is 10.7. The number of carbonyl (C=O) groups is 2. The van der Waals surface area contributed by atoms with Gasteiger partial charge in [-0.05, 0) is 19.9 Å². The van der Waals surface area contributed by atoms with Gasteiger partial charge >= 0.3 is 6.18 Å². The summed E-state index contributed by atoms with van der Waals surface area (Å²) in [6.07, 6.45) is -5.62. The van der Waals surface area contributed by atoms with Gasteiger partial charge in [-0.3, -0.25) is 9.59 Å². The fourth-order valence-corrected chi connectivity index (χ4v) is 3.62. The van der Waals surface area contributed by atoms with Crippen molar-refractivity contribution in [2.24, 2.45) is 0 Å². The first-order valence-corrected chi connectivity index (χ1v) is 7.62. The lowest BCUT2D eigenvalue weighted by atomic mass is 9.91. The van der Waals surface area contributed by atoms with Gasteiger partial charge in [-0.1, -0.05) is 18.2 Å². The van der Waals surface area contributed by atoms with Crippen LogP contribution in [0.5, 0.6) is 0 Å². The number of halogens is 3. The van der Waals surface area contributed by atoms with Crippen molar-refractivity contribution in [3.8, 4) is 0 Å². The van der Waals surface area contributed by atoms with Crippen molar-refractivity contribution < 1.29 is 27.5 Å². The van der Waals surface area contributed by atoms with Gasteiger partial charge in [-0.25, -0.2) is 0 Å². The van der Waals surface area contributed by atoms with Crippen molar-refractivity contribution in [3.05, 3.63) is 46.0 Å². The van der Waals surface area contributed by atoms with E-state index in [2.05, 4.69) is 0 Å². The summed E-state index contributed by atoms with van der Waals surface area (Å²) in [4.78, 5) is 25.0. The van der Waals surface area contributed by atoms with Crippen LogP contribution in [0.3, 0.4) is 0 Å². The summed E-state index contributed by atoms with van der Waals surface area (Å²) in [6, 6.07) is 6.51. The van der Waals surface area contributed by atoms with Crippen LogP contribution in [0.1, 0.15) is 33.9 Å². The van der Waals surface area contributed by atoms with E-state index < -0.39 is 35.2 Å². The van der Waals surface area contributed by atoms with E-state index in [-0.39, 0.29) is 10.4 Å². The largest absolute Gasteiger partial charge is 0.486 e. The summed E-state index contributed by atoms with van der Waals surface area (Å²) < 4.78 is 45.7. The Morgan fingerprint density at radius 3 is 2.35 bits per heavy atom. The first-order valence-electron chi connectivity index (χ1n) is 6.81. The van der Waals surface area contributed by atoms with Gasteiger partial charge in [0.2, 0.25) is 11.6 Å². The predicted octanol–water partition coefficient (Wildman–Crippen LogP) is 4.52. The van der Waals surface area contributed by atoms with Gasteiger partial charge in [0.1, 0.15) is 5.57 Å². The van der Waals surface area contributed by atoms with Crippen LogP contribution in [0.25, 0.3) is 10.1 Å². The van der Waals surface area contributed by atoms with Crippen LogP contribution in [0.4, 0.5) is 13.2 Å². The number of hydrogen-bond donors (Lipinski definition) is 0. The molecule has 1 aromatic heterocycles. The van der Waals surface area contributed by atoms with Crippen molar-refractivity contribution >= 4 is 33.0 Å². The number of benzene rings is 1. The van der Waals surface area contributed by atoms with Gasteiger partial charge in [0.15, 0.2) is 5.76 Å². The molecule has 0 spiro atoms. The average molecular weight is 340 g/mol. The maximum atomic E-state index is 13.4. The molecule has 0 saturated carbocycles. The van der Waals surface area contributed by atoms with E-state index in [9.17, 15) is 22.8 Å². The zero-order valence-electron chi connectivity index (χ0n) is 12.2. The number of hydrogen-bond acceptors (Lipinski definition) is 4. The summed E-state index contributed by atoms with van der Waals surface area (Å²) in [5.41, 5.74) is -1.70. The molecule has 120 valence electrons. The average Bonchev–Trinajstić information content (AvgIpc) is 2.82. The van der Waals surface area contributed by atoms with Crippen LogP contribution < -0.4 is 0 Å². The van der Waals surface area contributed by atoms with Crippen molar-refractivity contribution in [1.82, 2.24) is 0 Å². The number of Topliss-reactive ketones (excluding diaryl/α,β-unsaturated/α-hetero) is 2. The molecule has 1 aromatic carbocycles. The second-order valence-corrected chi connectivity index (χ2v) is 6.38. The fraction of sp³-hybridized carbons (Fsp3) is 0.250. The third-order valence-electron chi connectivity index (χ3n) is 3.33. The zero-order chi connectivity index (χ0) is 16.9. The van der Waals surface area contributed by atoms with E-state index in [0.29, 0.717) is 10.1 Å². The SMILES string of the molecule is CC(C)OC1=C(C(F)(F)F)C(=O)c2c(sc3ccccc23)C1=O. The first kappa shape index (κ1) is 15.7. The van der Waals surface area contributed by atoms with Crippen LogP contribution in [0, 0.1) is 0 Å². The predicted molar refractivity (Wildman–Crippen MR) is 79.8 cm³/mol. The molecule has 0 bridgehead atoms. The van der Waals surface area contributed by atoms with E-state index >= 15 is 0 Å². The molecule has 1 aliphatic carbocycles. The Bertz CT molecular complexity index is 859. The minimum absolute atomic E-state index is 0.000139. The standard InChI is InChI=1S/C16H11F3O3S/c1-7(2)22-14-11(16(17,18)19)12(20)10-8-5-3-4-6-9(8)23-15(10)13(14)21/h3-7H,1-2H3. The van der Waals surface area contributed by atoms with Gasteiger partial charge in [0.05, 0.1) is 16.5 Å². The summed E-state index contributed by atoms with van der Waals surface area (Å²) in [5, 5.41) is 0.358. The van der Waals surface area contributed by atoms with Crippen molar-refractivity contribution in [2.75, 3.05) is 0 Å². The molecular weight excluding hydrogens is 329 g/mol.